The fourth-order valence-corrected chi connectivity index (χ4v) is 2.34. The quantitative estimate of drug-likeness (QED) is 0.854. The highest BCUT2D eigenvalue weighted by Crippen LogP contribution is 2.12. The summed E-state index contributed by atoms with van der Waals surface area (Å²) in [5, 5.41) is 17.9. The number of aliphatic hydroxyl groups excluding tert-OH is 1. The average molecular weight is 298 g/mol. The van der Waals surface area contributed by atoms with Gasteiger partial charge in [0.2, 0.25) is 0 Å². The van der Waals surface area contributed by atoms with Crippen LogP contribution in [0.2, 0.25) is 0 Å². The van der Waals surface area contributed by atoms with Crippen LogP contribution in [0.15, 0.2) is 48.5 Å². The van der Waals surface area contributed by atoms with Crippen LogP contribution in [0.1, 0.15) is 23.1 Å². The predicted molar refractivity (Wildman–Crippen MR) is 83.4 cm³/mol. The number of aliphatic hydroxyl groups is 1. The largest absolute Gasteiger partial charge is 0.396 e. The van der Waals surface area contributed by atoms with Gasteiger partial charge in [0.05, 0.1) is 11.6 Å². The molecule has 2 aromatic rings. The van der Waals surface area contributed by atoms with E-state index in [4.69, 9.17) is 10.4 Å². The number of hydrogen-bond donors (Lipinski definition) is 1. The Labute approximate surface area is 130 Å². The number of halogens is 1. The van der Waals surface area contributed by atoms with E-state index in [1.54, 1.807) is 18.2 Å². The van der Waals surface area contributed by atoms with Crippen molar-refractivity contribution in [3.05, 3.63) is 71.0 Å². The predicted octanol–water partition coefficient (Wildman–Crippen LogP) is 3.08. The lowest BCUT2D eigenvalue weighted by Crippen LogP contribution is -2.24. The first-order valence-electron chi connectivity index (χ1n) is 7.28. The minimum absolute atomic E-state index is 0.132. The monoisotopic (exact) mass is 298 g/mol. The number of hydrogen-bond acceptors (Lipinski definition) is 3. The molecule has 0 atom stereocenters. The van der Waals surface area contributed by atoms with Gasteiger partial charge in [-0.25, -0.2) is 4.39 Å². The van der Waals surface area contributed by atoms with Gasteiger partial charge >= 0.3 is 0 Å². The highest BCUT2D eigenvalue weighted by molar-refractivity contribution is 5.31. The van der Waals surface area contributed by atoms with Gasteiger partial charge in [0.25, 0.3) is 0 Å². The second-order valence-corrected chi connectivity index (χ2v) is 5.23. The van der Waals surface area contributed by atoms with Gasteiger partial charge < -0.3 is 5.11 Å². The van der Waals surface area contributed by atoms with E-state index in [2.05, 4.69) is 11.0 Å². The van der Waals surface area contributed by atoms with Gasteiger partial charge in [-0.15, -0.1) is 0 Å². The molecule has 0 saturated carbocycles. The van der Waals surface area contributed by atoms with E-state index < -0.39 is 0 Å². The second kappa shape index (κ2) is 8.28. The van der Waals surface area contributed by atoms with Crippen molar-refractivity contribution in [2.24, 2.45) is 0 Å². The van der Waals surface area contributed by atoms with Crippen LogP contribution in [0.3, 0.4) is 0 Å². The number of rotatable bonds is 7. The van der Waals surface area contributed by atoms with Gasteiger partial charge in [0.15, 0.2) is 0 Å². The zero-order valence-electron chi connectivity index (χ0n) is 12.4. The molecular weight excluding hydrogens is 279 g/mol. The van der Waals surface area contributed by atoms with E-state index in [9.17, 15) is 4.39 Å². The molecule has 3 nitrogen and oxygen atoms in total. The van der Waals surface area contributed by atoms with Gasteiger partial charge in [0.1, 0.15) is 5.82 Å². The van der Waals surface area contributed by atoms with Crippen molar-refractivity contribution in [2.75, 3.05) is 13.2 Å². The Hall–Kier alpha value is -2.22. The molecule has 0 unspecified atom stereocenters. The van der Waals surface area contributed by atoms with Crippen molar-refractivity contribution in [2.45, 2.75) is 19.5 Å². The maximum Gasteiger partial charge on any atom is 0.123 e. The van der Waals surface area contributed by atoms with E-state index in [1.165, 1.54) is 12.1 Å². The smallest absolute Gasteiger partial charge is 0.123 e. The lowest BCUT2D eigenvalue weighted by Gasteiger charge is -2.22. The maximum absolute atomic E-state index is 13.3. The first-order chi connectivity index (χ1) is 10.7. The average Bonchev–Trinajstić information content (AvgIpc) is 2.53. The standard InChI is InChI=1S/C18H19FN2O/c19-18-4-1-3-17(11-18)14-21(9-2-10-22)13-16-7-5-15(12-20)6-8-16/h1,3-8,11,22H,2,9-10,13-14H2. The van der Waals surface area contributed by atoms with Gasteiger partial charge in [-0.05, 0) is 41.8 Å². The molecule has 0 fully saturated rings. The molecule has 4 heteroatoms. The van der Waals surface area contributed by atoms with Crippen LogP contribution in [-0.2, 0) is 13.1 Å². The fraction of sp³-hybridized carbons (Fsp3) is 0.278. The molecule has 0 radical (unpaired) electrons. The molecule has 0 aliphatic rings. The van der Waals surface area contributed by atoms with Gasteiger partial charge in [-0.3, -0.25) is 4.90 Å². The highest BCUT2D eigenvalue weighted by atomic mass is 19.1. The van der Waals surface area contributed by atoms with Crippen molar-refractivity contribution >= 4 is 0 Å². The summed E-state index contributed by atoms with van der Waals surface area (Å²) in [7, 11) is 0. The van der Waals surface area contributed by atoms with E-state index in [-0.39, 0.29) is 12.4 Å². The summed E-state index contributed by atoms with van der Waals surface area (Å²) in [6.45, 7) is 2.18. The first kappa shape index (κ1) is 16.2. The highest BCUT2D eigenvalue weighted by Gasteiger charge is 2.08. The molecule has 0 amide bonds. The van der Waals surface area contributed by atoms with Crippen molar-refractivity contribution in [3.63, 3.8) is 0 Å². The Bertz CT molecular complexity index is 634. The molecule has 2 aromatic carbocycles. The summed E-state index contributed by atoms with van der Waals surface area (Å²) >= 11 is 0. The Kier molecular flexibility index (Phi) is 6.08. The van der Waals surface area contributed by atoms with E-state index in [1.807, 2.05) is 18.2 Å². The molecule has 2 rings (SSSR count). The van der Waals surface area contributed by atoms with Crippen LogP contribution in [0.5, 0.6) is 0 Å². The molecule has 0 heterocycles. The van der Waals surface area contributed by atoms with E-state index in [0.29, 0.717) is 25.1 Å². The van der Waals surface area contributed by atoms with Gasteiger partial charge in [-0.2, -0.15) is 5.26 Å². The van der Waals surface area contributed by atoms with Gasteiger partial charge in [0, 0.05) is 26.2 Å². The Balaban J connectivity index is 2.06. The summed E-state index contributed by atoms with van der Waals surface area (Å²) in [6, 6.07) is 16.1. The normalized spacial score (nSPS) is 10.6. The first-order valence-corrected chi connectivity index (χ1v) is 7.28. The van der Waals surface area contributed by atoms with Gasteiger partial charge in [-0.1, -0.05) is 24.3 Å². The zero-order valence-corrected chi connectivity index (χ0v) is 12.4. The van der Waals surface area contributed by atoms with E-state index >= 15 is 0 Å². The van der Waals surface area contributed by atoms with Crippen LogP contribution in [-0.4, -0.2) is 23.2 Å². The van der Waals surface area contributed by atoms with Crippen molar-refractivity contribution in [1.82, 2.24) is 4.90 Å². The van der Waals surface area contributed by atoms with Crippen molar-refractivity contribution in [1.29, 1.82) is 5.26 Å². The SMILES string of the molecule is N#Cc1ccc(CN(CCCO)Cc2cccc(F)c2)cc1. The summed E-state index contributed by atoms with van der Waals surface area (Å²) in [6.07, 6.45) is 0.672. The zero-order chi connectivity index (χ0) is 15.8. The molecule has 0 aliphatic heterocycles. The third-order valence-corrected chi connectivity index (χ3v) is 3.42. The van der Waals surface area contributed by atoms with E-state index in [0.717, 1.165) is 17.7 Å². The Morgan fingerprint density at radius 1 is 1.05 bits per heavy atom. The van der Waals surface area contributed by atoms with Crippen LogP contribution in [0, 0.1) is 17.1 Å². The fourth-order valence-electron chi connectivity index (χ4n) is 2.34. The molecule has 0 bridgehead atoms. The van der Waals surface area contributed by atoms with Crippen molar-refractivity contribution < 1.29 is 9.50 Å². The molecule has 0 spiro atoms. The minimum Gasteiger partial charge on any atom is -0.396 e. The van der Waals surface area contributed by atoms with Crippen LogP contribution in [0.4, 0.5) is 4.39 Å². The lowest BCUT2D eigenvalue weighted by atomic mass is 10.1. The Morgan fingerprint density at radius 3 is 2.41 bits per heavy atom. The summed E-state index contributed by atoms with van der Waals surface area (Å²) in [5.74, 6) is -0.238. The summed E-state index contributed by atoms with van der Waals surface area (Å²) < 4.78 is 13.3. The molecule has 22 heavy (non-hydrogen) atoms. The topological polar surface area (TPSA) is 47.3 Å². The molecule has 0 aromatic heterocycles. The molecule has 1 N–H and O–H groups in total. The van der Waals surface area contributed by atoms with Crippen LogP contribution in [0.25, 0.3) is 0 Å². The second-order valence-electron chi connectivity index (χ2n) is 5.23. The minimum atomic E-state index is -0.238. The maximum atomic E-state index is 13.3. The Morgan fingerprint density at radius 2 is 1.77 bits per heavy atom. The third-order valence-electron chi connectivity index (χ3n) is 3.42. The number of nitrogens with zero attached hydrogens (tertiary/aromatic N) is 2. The number of nitriles is 1. The van der Waals surface area contributed by atoms with Crippen LogP contribution < -0.4 is 0 Å². The third kappa shape index (κ3) is 4.96. The molecule has 0 aliphatic carbocycles. The molecule has 0 saturated heterocycles. The molecule has 114 valence electrons. The summed E-state index contributed by atoms with van der Waals surface area (Å²) in [5.41, 5.74) is 2.63. The molecular formula is C18H19FN2O. The lowest BCUT2D eigenvalue weighted by molar-refractivity contribution is 0.212. The van der Waals surface area contributed by atoms with Crippen LogP contribution >= 0.6 is 0 Å². The number of benzene rings is 2. The summed E-state index contributed by atoms with van der Waals surface area (Å²) in [4.78, 5) is 2.16. The van der Waals surface area contributed by atoms with Crippen molar-refractivity contribution in [3.8, 4) is 6.07 Å².